The normalized spacial score (nSPS) is 38.5. The van der Waals surface area contributed by atoms with Crippen molar-refractivity contribution in [1.82, 2.24) is 19.6 Å². The quantitative estimate of drug-likeness (QED) is 0.326. The number of imide groups is 1. The molecule has 3 aliphatic heterocycles. The van der Waals surface area contributed by atoms with Crippen molar-refractivity contribution < 1.29 is 19.2 Å². The first-order chi connectivity index (χ1) is 19.1. The predicted molar refractivity (Wildman–Crippen MR) is 154 cm³/mol. The van der Waals surface area contributed by atoms with Crippen molar-refractivity contribution in [2.24, 2.45) is 31.6 Å². The van der Waals surface area contributed by atoms with Gasteiger partial charge in [0.15, 0.2) is 5.79 Å². The highest BCUT2D eigenvalue weighted by molar-refractivity contribution is 5.97. The molecular weight excluding hydrogens is 520 g/mol. The van der Waals surface area contributed by atoms with E-state index in [1.165, 1.54) is 4.90 Å². The average molecular weight is 569 g/mol. The van der Waals surface area contributed by atoms with E-state index >= 15 is 0 Å². The van der Waals surface area contributed by atoms with Crippen LogP contribution in [0.15, 0.2) is 9.98 Å². The number of hydrogen-bond acceptors (Lipinski definition) is 7. The zero-order chi connectivity index (χ0) is 29.8. The molecule has 5 unspecified atom stereocenters. The lowest BCUT2D eigenvalue weighted by atomic mass is 9.62. The second-order valence-corrected chi connectivity index (χ2v) is 16.0. The predicted octanol–water partition coefficient (Wildman–Crippen LogP) is 5.14. The highest BCUT2D eigenvalue weighted by atomic mass is 16.2. The lowest BCUT2D eigenvalue weighted by Gasteiger charge is -2.62. The molecule has 0 aromatic carbocycles. The minimum Gasteiger partial charge on any atom is -0.288 e. The van der Waals surface area contributed by atoms with Crippen molar-refractivity contribution >= 4 is 24.2 Å². The molecule has 0 radical (unpaired) electrons. The summed E-state index contributed by atoms with van der Waals surface area (Å²) < 4.78 is 0. The number of amides is 4. The number of carbonyl (C=O) groups is 2. The Balaban J connectivity index is 1.51. The minimum absolute atomic E-state index is 0.0408. The number of rotatable bonds is 6. The standard InChI is InChI=1S/C31H48N6O4/c1-27(2)13-23(32-21-38)15-29(5,17-27)19-35-25(40)36-12-8-11-34-10-7-9-31(34,36)37(26(35)41)20-30(6)16-24(33-22-39)14-28(3,4)18-30/h23-24H,7-20H2,1-6H3. The maximum absolute atomic E-state index is 14.7. The molecule has 10 nitrogen and oxygen atoms in total. The summed E-state index contributed by atoms with van der Waals surface area (Å²) >= 11 is 0. The smallest absolute Gasteiger partial charge is 0.288 e. The zero-order valence-electron chi connectivity index (χ0n) is 25.9. The van der Waals surface area contributed by atoms with Crippen molar-refractivity contribution in [3.63, 3.8) is 0 Å². The fourth-order valence-electron chi connectivity index (χ4n) is 10.1. The van der Waals surface area contributed by atoms with Crippen LogP contribution in [0.1, 0.15) is 99.3 Å². The molecule has 0 N–H and O–H groups in total. The molecule has 5 rings (SSSR count). The Morgan fingerprint density at radius 2 is 1.27 bits per heavy atom. The van der Waals surface area contributed by atoms with E-state index in [0.717, 1.165) is 58.0 Å². The molecule has 0 aromatic heterocycles. The summed E-state index contributed by atoms with van der Waals surface area (Å²) in [4.78, 5) is 67.5. The third-order valence-corrected chi connectivity index (χ3v) is 10.4. The van der Waals surface area contributed by atoms with Gasteiger partial charge in [-0.25, -0.2) is 34.1 Å². The van der Waals surface area contributed by atoms with Crippen LogP contribution in [0.2, 0.25) is 0 Å². The van der Waals surface area contributed by atoms with E-state index in [1.807, 2.05) is 9.80 Å². The van der Waals surface area contributed by atoms with Crippen LogP contribution in [0.5, 0.6) is 0 Å². The van der Waals surface area contributed by atoms with Crippen molar-refractivity contribution in [3.8, 4) is 0 Å². The van der Waals surface area contributed by atoms with Gasteiger partial charge in [-0.15, -0.1) is 0 Å². The second-order valence-electron chi connectivity index (χ2n) is 16.0. The van der Waals surface area contributed by atoms with Gasteiger partial charge in [-0.3, -0.25) is 14.7 Å². The summed E-state index contributed by atoms with van der Waals surface area (Å²) in [5.74, 6) is -0.742. The highest BCUT2D eigenvalue weighted by Gasteiger charge is 2.62. The van der Waals surface area contributed by atoms with Crippen LogP contribution < -0.4 is 0 Å². The van der Waals surface area contributed by atoms with Gasteiger partial charge in [0.1, 0.15) is 0 Å². The summed E-state index contributed by atoms with van der Waals surface area (Å²) in [6.07, 6.45) is 10.8. The number of hydrogen-bond donors (Lipinski definition) is 0. The van der Waals surface area contributed by atoms with Crippen molar-refractivity contribution in [2.75, 3.05) is 32.7 Å². The molecule has 5 aliphatic rings. The fourth-order valence-corrected chi connectivity index (χ4v) is 10.1. The molecular formula is C31H48N6O4. The molecule has 3 saturated heterocycles. The SMILES string of the molecule is CC1(C)CC(N=C=O)CC(C)(CN2C(=O)N3CCCN4CCCC43N(CC3(C)CC(N=C=O)CC(C)(C)C3)C2=O)C1. The number of nitrogens with zero attached hydrogens (tertiary/aromatic N) is 6. The van der Waals surface area contributed by atoms with E-state index < -0.39 is 5.79 Å². The molecule has 0 aromatic rings. The van der Waals surface area contributed by atoms with Crippen LogP contribution in [-0.2, 0) is 9.59 Å². The Bertz CT molecular complexity index is 1180. The van der Waals surface area contributed by atoms with Gasteiger partial charge < -0.3 is 0 Å². The monoisotopic (exact) mass is 568 g/mol. The van der Waals surface area contributed by atoms with Gasteiger partial charge in [0.05, 0.1) is 12.1 Å². The summed E-state index contributed by atoms with van der Waals surface area (Å²) in [6, 6.07) is -0.717. The van der Waals surface area contributed by atoms with Gasteiger partial charge in [0, 0.05) is 39.1 Å². The largest absolute Gasteiger partial charge is 0.331 e. The van der Waals surface area contributed by atoms with Crippen LogP contribution >= 0.6 is 0 Å². The number of isocyanates is 2. The molecule has 5 atom stereocenters. The molecule has 5 fully saturated rings. The van der Waals surface area contributed by atoms with Crippen LogP contribution in [0.4, 0.5) is 9.59 Å². The summed E-state index contributed by atoms with van der Waals surface area (Å²) in [5, 5.41) is 0. The van der Waals surface area contributed by atoms with Gasteiger partial charge in [0.2, 0.25) is 12.2 Å². The summed E-state index contributed by atoms with van der Waals surface area (Å²) in [5.41, 5.74) is -0.772. The van der Waals surface area contributed by atoms with Crippen molar-refractivity contribution in [1.29, 1.82) is 0 Å². The van der Waals surface area contributed by atoms with Crippen LogP contribution in [0, 0.1) is 21.7 Å². The first kappa shape index (κ1) is 29.9. The number of aliphatic imine (C=N–C) groups is 2. The van der Waals surface area contributed by atoms with Crippen LogP contribution in [0.3, 0.4) is 0 Å². The maximum atomic E-state index is 14.7. The molecule has 226 valence electrons. The fraction of sp³-hybridized carbons (Fsp3) is 0.871. The third-order valence-electron chi connectivity index (χ3n) is 10.4. The van der Waals surface area contributed by atoms with E-state index in [-0.39, 0.29) is 45.8 Å². The zero-order valence-corrected chi connectivity index (χ0v) is 25.9. The van der Waals surface area contributed by atoms with Gasteiger partial charge in [-0.05, 0) is 73.0 Å². The van der Waals surface area contributed by atoms with Crippen molar-refractivity contribution in [3.05, 3.63) is 0 Å². The Hall–Kier alpha value is -2.54. The lowest BCUT2D eigenvalue weighted by Crippen LogP contribution is -2.80. The van der Waals surface area contributed by atoms with Gasteiger partial charge in [-0.1, -0.05) is 41.5 Å². The van der Waals surface area contributed by atoms with Gasteiger partial charge in [-0.2, -0.15) is 0 Å². The minimum atomic E-state index is -0.742. The number of carbonyl (C=O) groups excluding carboxylic acids is 4. The lowest BCUT2D eigenvalue weighted by molar-refractivity contribution is -0.162. The third kappa shape index (κ3) is 5.51. The highest BCUT2D eigenvalue weighted by Crippen LogP contribution is 2.52. The van der Waals surface area contributed by atoms with Crippen molar-refractivity contribution in [2.45, 2.75) is 117 Å². The first-order valence-corrected chi connectivity index (χ1v) is 15.4. The average Bonchev–Trinajstić information content (AvgIpc) is 3.27. The maximum Gasteiger partial charge on any atom is 0.331 e. The molecule has 4 amide bonds. The summed E-state index contributed by atoms with van der Waals surface area (Å²) in [7, 11) is 0. The molecule has 2 saturated carbocycles. The Morgan fingerprint density at radius 3 is 1.83 bits per heavy atom. The molecule has 2 aliphatic carbocycles. The van der Waals surface area contributed by atoms with E-state index in [1.54, 1.807) is 12.2 Å². The van der Waals surface area contributed by atoms with Gasteiger partial charge >= 0.3 is 12.1 Å². The molecule has 3 heterocycles. The molecule has 0 bridgehead atoms. The van der Waals surface area contributed by atoms with E-state index in [0.29, 0.717) is 32.5 Å². The van der Waals surface area contributed by atoms with E-state index in [9.17, 15) is 19.2 Å². The van der Waals surface area contributed by atoms with Crippen LogP contribution in [0.25, 0.3) is 0 Å². The van der Waals surface area contributed by atoms with Gasteiger partial charge in [0.25, 0.3) is 0 Å². The van der Waals surface area contributed by atoms with Crippen LogP contribution in [-0.4, -0.2) is 94.4 Å². The Kier molecular flexibility index (Phi) is 7.54. The number of urea groups is 2. The summed E-state index contributed by atoms with van der Waals surface area (Å²) in [6.45, 7) is 16.2. The topological polar surface area (TPSA) is 106 Å². The van der Waals surface area contributed by atoms with E-state index in [4.69, 9.17) is 0 Å². The second kappa shape index (κ2) is 10.3. The molecule has 41 heavy (non-hydrogen) atoms. The Labute approximate surface area is 244 Å². The Morgan fingerprint density at radius 1 is 0.732 bits per heavy atom. The van der Waals surface area contributed by atoms with E-state index in [2.05, 4.69) is 56.4 Å². The molecule has 10 heteroatoms. The first-order valence-electron chi connectivity index (χ1n) is 15.4. The molecule has 1 spiro atoms.